The van der Waals surface area contributed by atoms with Crippen molar-refractivity contribution in [3.8, 4) is 5.75 Å². The quantitative estimate of drug-likeness (QED) is 0.444. The fraction of sp³-hybridized carbons (Fsp3) is 0.345. The van der Waals surface area contributed by atoms with Crippen molar-refractivity contribution in [3.63, 3.8) is 0 Å². The van der Waals surface area contributed by atoms with Crippen molar-refractivity contribution in [2.45, 2.75) is 37.4 Å². The second-order valence-electron chi connectivity index (χ2n) is 9.07. The molecule has 0 saturated carbocycles. The van der Waals surface area contributed by atoms with Gasteiger partial charge < -0.3 is 19.8 Å². The molecule has 5 heteroatoms. The third-order valence-corrected chi connectivity index (χ3v) is 6.57. The zero-order valence-electron chi connectivity index (χ0n) is 19.5. The molecular weight excluding hydrogens is 426 g/mol. The van der Waals surface area contributed by atoms with Gasteiger partial charge >= 0.3 is 0 Å². The summed E-state index contributed by atoms with van der Waals surface area (Å²) in [7, 11) is 0. The summed E-state index contributed by atoms with van der Waals surface area (Å²) in [5, 5.41) is 21.6. The molecule has 3 aromatic rings. The first-order valence-electron chi connectivity index (χ1n) is 12.0. The van der Waals surface area contributed by atoms with E-state index in [1.165, 1.54) is 0 Å². The fourth-order valence-corrected chi connectivity index (χ4v) is 4.54. The number of ketones is 1. The van der Waals surface area contributed by atoms with Crippen LogP contribution in [0, 0.1) is 0 Å². The van der Waals surface area contributed by atoms with Crippen LogP contribution in [0.2, 0.25) is 0 Å². The predicted octanol–water partition coefficient (Wildman–Crippen LogP) is 4.23. The maximum absolute atomic E-state index is 12.8. The van der Waals surface area contributed by atoms with E-state index in [-0.39, 0.29) is 12.4 Å². The maximum atomic E-state index is 12.8. The molecule has 1 atom stereocenters. The van der Waals surface area contributed by atoms with Gasteiger partial charge in [-0.25, -0.2) is 0 Å². The molecule has 0 spiro atoms. The summed E-state index contributed by atoms with van der Waals surface area (Å²) in [5.74, 6) is 0.543. The Morgan fingerprint density at radius 3 is 2.24 bits per heavy atom. The Morgan fingerprint density at radius 2 is 1.53 bits per heavy atom. The number of nitrogens with zero attached hydrogens (tertiary/aromatic N) is 1. The van der Waals surface area contributed by atoms with Crippen LogP contribution >= 0.6 is 0 Å². The van der Waals surface area contributed by atoms with E-state index in [1.807, 2.05) is 72.8 Å². The first-order valence-corrected chi connectivity index (χ1v) is 12.0. The normalized spacial score (nSPS) is 16.6. The molecule has 178 valence electrons. The molecule has 3 aromatic carbocycles. The molecule has 0 aromatic heterocycles. The number of Topliss-reactive ketones (excluding diaryl/α,β-unsaturated/α-hetero) is 1. The van der Waals surface area contributed by atoms with Gasteiger partial charge in [0.05, 0.1) is 11.2 Å². The molecule has 0 unspecified atom stereocenters. The Morgan fingerprint density at radius 1 is 0.912 bits per heavy atom. The number of benzene rings is 3. The van der Waals surface area contributed by atoms with E-state index in [9.17, 15) is 15.0 Å². The van der Waals surface area contributed by atoms with Gasteiger partial charge in [0.25, 0.3) is 0 Å². The molecule has 4 rings (SSSR count). The second-order valence-corrected chi connectivity index (χ2v) is 9.07. The average molecular weight is 460 g/mol. The molecule has 1 fully saturated rings. The molecule has 0 aliphatic carbocycles. The van der Waals surface area contributed by atoms with Gasteiger partial charge in [-0.15, -0.1) is 0 Å². The molecule has 1 heterocycles. The summed E-state index contributed by atoms with van der Waals surface area (Å²) in [6, 6.07) is 27.0. The number of rotatable bonds is 10. The van der Waals surface area contributed by atoms with E-state index in [4.69, 9.17) is 4.74 Å². The van der Waals surface area contributed by atoms with Gasteiger partial charge in [0.15, 0.2) is 5.78 Å². The Bertz CT molecular complexity index is 1050. The highest BCUT2D eigenvalue weighted by atomic mass is 16.5. The molecule has 0 amide bonds. The van der Waals surface area contributed by atoms with Crippen LogP contribution in [-0.4, -0.2) is 53.2 Å². The molecule has 0 radical (unpaired) electrons. The number of carbonyl (C=O) groups excluding carboxylic acids is 1. The number of hydrogen-bond donors (Lipinski definition) is 2. The van der Waals surface area contributed by atoms with Gasteiger partial charge in [0.1, 0.15) is 18.5 Å². The van der Waals surface area contributed by atoms with Crippen LogP contribution in [0.3, 0.4) is 0 Å². The fourth-order valence-electron chi connectivity index (χ4n) is 4.54. The predicted molar refractivity (Wildman–Crippen MR) is 133 cm³/mol. The topological polar surface area (TPSA) is 70.0 Å². The van der Waals surface area contributed by atoms with Crippen LogP contribution in [0.4, 0.5) is 0 Å². The van der Waals surface area contributed by atoms with Gasteiger partial charge in [-0.1, -0.05) is 72.8 Å². The first-order chi connectivity index (χ1) is 16.5. The van der Waals surface area contributed by atoms with E-state index in [1.54, 1.807) is 12.1 Å². The Hall–Kier alpha value is -2.99. The molecule has 34 heavy (non-hydrogen) atoms. The number of β-amino-alcohol motifs (C(OH)–C–C–N with tert-alkyl or cyclic N) is 1. The number of ether oxygens (including phenoxy) is 1. The Balaban J connectivity index is 1.26. The van der Waals surface area contributed by atoms with Gasteiger partial charge in [-0.2, -0.15) is 0 Å². The minimum absolute atomic E-state index is 0.0326. The van der Waals surface area contributed by atoms with Crippen LogP contribution < -0.4 is 4.74 Å². The first kappa shape index (κ1) is 24.1. The van der Waals surface area contributed by atoms with Crippen LogP contribution in [0.15, 0.2) is 84.9 Å². The summed E-state index contributed by atoms with van der Waals surface area (Å²) in [4.78, 5) is 15.0. The highest BCUT2D eigenvalue weighted by molar-refractivity contribution is 5.98. The number of aryl methyl sites for hydroxylation is 1. The van der Waals surface area contributed by atoms with Crippen molar-refractivity contribution in [1.29, 1.82) is 0 Å². The van der Waals surface area contributed by atoms with Crippen molar-refractivity contribution in [2.75, 3.05) is 26.2 Å². The lowest BCUT2D eigenvalue weighted by Gasteiger charge is -2.39. The summed E-state index contributed by atoms with van der Waals surface area (Å²) >= 11 is 0. The number of likely N-dealkylation sites (tertiary alicyclic amines) is 1. The van der Waals surface area contributed by atoms with E-state index >= 15 is 0 Å². The van der Waals surface area contributed by atoms with Crippen molar-refractivity contribution < 1.29 is 19.7 Å². The minimum atomic E-state index is -0.807. The molecular formula is C29H33NO4. The van der Waals surface area contributed by atoms with Gasteiger partial charge in [0.2, 0.25) is 0 Å². The number of para-hydroxylation sites is 1. The number of aliphatic hydroxyl groups excluding tert-OH is 1. The van der Waals surface area contributed by atoms with E-state index in [2.05, 4.69) is 4.90 Å². The van der Waals surface area contributed by atoms with Crippen LogP contribution in [-0.2, 0) is 12.0 Å². The van der Waals surface area contributed by atoms with Gasteiger partial charge in [-0.3, -0.25) is 4.79 Å². The lowest BCUT2D eigenvalue weighted by atomic mass is 9.84. The number of piperidine rings is 1. The third kappa shape index (κ3) is 6.32. The van der Waals surface area contributed by atoms with Crippen LogP contribution in [0.25, 0.3) is 0 Å². The number of carbonyl (C=O) groups is 1. The molecule has 1 aliphatic heterocycles. The highest BCUT2D eigenvalue weighted by Gasteiger charge is 2.34. The molecule has 1 saturated heterocycles. The second kappa shape index (κ2) is 11.4. The smallest absolute Gasteiger partial charge is 0.166 e. The van der Waals surface area contributed by atoms with Crippen LogP contribution in [0.1, 0.15) is 40.7 Å². The summed E-state index contributed by atoms with van der Waals surface area (Å²) in [5.41, 5.74) is 1.83. The minimum Gasteiger partial charge on any atom is -0.490 e. The maximum Gasteiger partial charge on any atom is 0.166 e. The SMILES string of the molecule is O=C(CCc1ccccc1)c1ccccc1OC[C@H](O)CN1CCC(O)(c2ccccc2)CC1. The monoisotopic (exact) mass is 459 g/mol. The van der Waals surface area contributed by atoms with Crippen molar-refractivity contribution in [2.24, 2.45) is 0 Å². The van der Waals surface area contributed by atoms with Gasteiger partial charge in [0, 0.05) is 26.1 Å². The van der Waals surface area contributed by atoms with Crippen molar-refractivity contribution in [3.05, 3.63) is 102 Å². The van der Waals surface area contributed by atoms with Crippen molar-refractivity contribution in [1.82, 2.24) is 4.90 Å². The van der Waals surface area contributed by atoms with Crippen LogP contribution in [0.5, 0.6) is 5.75 Å². The molecule has 5 nitrogen and oxygen atoms in total. The Labute approximate surface area is 201 Å². The van der Waals surface area contributed by atoms with E-state index in [0.717, 1.165) is 11.1 Å². The molecule has 0 bridgehead atoms. The third-order valence-electron chi connectivity index (χ3n) is 6.57. The van der Waals surface area contributed by atoms with E-state index in [0.29, 0.717) is 56.6 Å². The molecule has 2 N–H and O–H groups in total. The Kier molecular flexibility index (Phi) is 8.12. The average Bonchev–Trinajstić information content (AvgIpc) is 2.89. The largest absolute Gasteiger partial charge is 0.490 e. The summed E-state index contributed by atoms with van der Waals surface area (Å²) < 4.78 is 5.88. The van der Waals surface area contributed by atoms with Gasteiger partial charge in [-0.05, 0) is 42.5 Å². The summed E-state index contributed by atoms with van der Waals surface area (Å²) in [6.07, 6.45) is 1.66. The highest BCUT2D eigenvalue weighted by Crippen LogP contribution is 2.32. The lowest BCUT2D eigenvalue weighted by Crippen LogP contribution is -2.46. The number of aliphatic hydroxyl groups is 2. The summed E-state index contributed by atoms with van der Waals surface area (Å²) in [6.45, 7) is 1.99. The van der Waals surface area contributed by atoms with Crippen molar-refractivity contribution >= 4 is 5.78 Å². The zero-order valence-corrected chi connectivity index (χ0v) is 19.5. The number of hydrogen-bond acceptors (Lipinski definition) is 5. The zero-order chi connectivity index (χ0) is 23.8. The standard InChI is InChI=1S/C29H33NO4/c31-25(21-30-19-17-29(33,18-20-30)24-11-5-2-6-12-24)22-34-28-14-8-7-13-26(28)27(32)16-15-23-9-3-1-4-10-23/h1-14,25,31,33H,15-22H2/t25-/m1/s1. The molecule has 1 aliphatic rings. The lowest BCUT2D eigenvalue weighted by molar-refractivity contribution is -0.0372. The van der Waals surface area contributed by atoms with E-state index < -0.39 is 11.7 Å².